The van der Waals surface area contributed by atoms with Gasteiger partial charge in [-0.2, -0.15) is 4.98 Å². The summed E-state index contributed by atoms with van der Waals surface area (Å²) in [4.78, 5) is 27.3. The Hall–Kier alpha value is -4.84. The van der Waals surface area contributed by atoms with Gasteiger partial charge in [-0.25, -0.2) is 19.2 Å². The van der Waals surface area contributed by atoms with Crippen molar-refractivity contribution in [2.24, 2.45) is 0 Å². The number of fused-ring (bicyclic) bond motifs is 6. The highest BCUT2D eigenvalue weighted by Gasteiger charge is 2.17. The Morgan fingerprint density at radius 1 is 0.618 bits per heavy atom. The van der Waals surface area contributed by atoms with E-state index in [1.165, 1.54) is 4.40 Å². The quantitative estimate of drug-likeness (QED) is 0.314. The Labute approximate surface area is 192 Å². The van der Waals surface area contributed by atoms with E-state index in [-0.39, 0.29) is 0 Å². The second-order valence-electron chi connectivity index (χ2n) is 8.12. The molecule has 0 aliphatic heterocycles. The molecule has 0 bridgehead atoms. The molecule has 34 heavy (non-hydrogen) atoms. The number of benzene rings is 4. The van der Waals surface area contributed by atoms with Gasteiger partial charge in [-0.3, -0.25) is 0 Å². The molecular formula is C28H16N4O2. The second-order valence-corrected chi connectivity index (χ2v) is 8.12. The third-order valence-corrected chi connectivity index (χ3v) is 6.07. The molecule has 7 rings (SSSR count). The van der Waals surface area contributed by atoms with Crippen molar-refractivity contribution in [3.8, 4) is 22.8 Å². The average molecular weight is 440 g/mol. The smallest absolute Gasteiger partial charge is 0.357 e. The molecule has 3 heterocycles. The van der Waals surface area contributed by atoms with E-state index in [1.54, 1.807) is 0 Å². The highest BCUT2D eigenvalue weighted by molar-refractivity contribution is 6.06. The molecule has 0 atom stereocenters. The van der Waals surface area contributed by atoms with Gasteiger partial charge in [-0.15, -0.1) is 0 Å². The van der Waals surface area contributed by atoms with E-state index in [0.29, 0.717) is 17.3 Å². The standard InChI is InChI=1S/C28H16N4O2/c33-28-31-25(17-8-2-1-3-9-17)30-27-21-11-4-6-12-22(21)29-26(32(27)28)18-14-15-20-19-10-5-7-13-23(19)34-24(20)16-18/h1-16H. The molecule has 0 spiro atoms. The van der Waals surface area contributed by atoms with Crippen LogP contribution in [0.4, 0.5) is 0 Å². The molecular weight excluding hydrogens is 424 g/mol. The van der Waals surface area contributed by atoms with Crippen LogP contribution in [-0.4, -0.2) is 19.4 Å². The molecule has 0 radical (unpaired) electrons. The summed E-state index contributed by atoms with van der Waals surface area (Å²) < 4.78 is 7.56. The van der Waals surface area contributed by atoms with Gasteiger partial charge in [-0.1, -0.05) is 66.7 Å². The van der Waals surface area contributed by atoms with Crippen LogP contribution in [0.2, 0.25) is 0 Å². The van der Waals surface area contributed by atoms with E-state index < -0.39 is 5.69 Å². The van der Waals surface area contributed by atoms with Crippen molar-refractivity contribution < 1.29 is 4.42 Å². The van der Waals surface area contributed by atoms with Crippen LogP contribution in [0.1, 0.15) is 0 Å². The highest BCUT2D eigenvalue weighted by atomic mass is 16.3. The molecule has 6 nitrogen and oxygen atoms in total. The molecule has 0 saturated heterocycles. The van der Waals surface area contributed by atoms with E-state index >= 15 is 0 Å². The molecule has 0 unspecified atom stereocenters. The lowest BCUT2D eigenvalue weighted by Gasteiger charge is -2.11. The molecule has 7 aromatic rings. The first kappa shape index (κ1) is 18.7. The third-order valence-electron chi connectivity index (χ3n) is 6.07. The van der Waals surface area contributed by atoms with Crippen molar-refractivity contribution in [2.45, 2.75) is 0 Å². The molecule has 0 fully saturated rings. The van der Waals surface area contributed by atoms with Gasteiger partial charge in [0, 0.05) is 27.3 Å². The van der Waals surface area contributed by atoms with E-state index in [1.807, 2.05) is 97.1 Å². The summed E-state index contributed by atoms with van der Waals surface area (Å²) in [5.41, 5.74) is 3.93. The summed E-state index contributed by atoms with van der Waals surface area (Å²) in [6.45, 7) is 0. The van der Waals surface area contributed by atoms with Gasteiger partial charge in [0.25, 0.3) is 0 Å². The maximum Gasteiger partial charge on any atom is 0.357 e. The number of hydrogen-bond donors (Lipinski definition) is 0. The van der Waals surface area contributed by atoms with Crippen molar-refractivity contribution in [1.29, 1.82) is 0 Å². The van der Waals surface area contributed by atoms with E-state index in [4.69, 9.17) is 14.4 Å². The van der Waals surface area contributed by atoms with Crippen molar-refractivity contribution in [2.75, 3.05) is 0 Å². The maximum atomic E-state index is 13.4. The van der Waals surface area contributed by atoms with E-state index in [0.717, 1.165) is 44.0 Å². The molecule has 4 aromatic carbocycles. The predicted octanol–water partition coefficient (Wildman–Crippen LogP) is 5.87. The van der Waals surface area contributed by atoms with Gasteiger partial charge in [-0.05, 0) is 30.3 Å². The van der Waals surface area contributed by atoms with Crippen molar-refractivity contribution in [3.05, 3.63) is 108 Å². The first-order valence-corrected chi connectivity index (χ1v) is 10.9. The van der Waals surface area contributed by atoms with Crippen LogP contribution in [0, 0.1) is 0 Å². The van der Waals surface area contributed by atoms with Gasteiger partial charge >= 0.3 is 5.69 Å². The summed E-state index contributed by atoms with van der Waals surface area (Å²) in [7, 11) is 0. The fourth-order valence-corrected chi connectivity index (χ4v) is 4.48. The fourth-order valence-electron chi connectivity index (χ4n) is 4.48. The molecule has 3 aromatic heterocycles. The summed E-state index contributed by atoms with van der Waals surface area (Å²) in [5.74, 6) is 0.862. The van der Waals surface area contributed by atoms with Crippen LogP contribution in [0.3, 0.4) is 0 Å². The van der Waals surface area contributed by atoms with Gasteiger partial charge < -0.3 is 4.42 Å². The Morgan fingerprint density at radius 3 is 2.24 bits per heavy atom. The molecule has 0 amide bonds. The first-order valence-electron chi connectivity index (χ1n) is 10.9. The monoisotopic (exact) mass is 440 g/mol. The van der Waals surface area contributed by atoms with E-state index in [2.05, 4.69) is 4.98 Å². The SMILES string of the molecule is O=c1nc(-c2ccccc2)nc2c3ccccc3nc(-c3ccc4c(c3)oc3ccccc34)n12. The van der Waals surface area contributed by atoms with Crippen molar-refractivity contribution in [3.63, 3.8) is 0 Å². The summed E-state index contributed by atoms with van der Waals surface area (Å²) in [6, 6.07) is 31.0. The number of hydrogen-bond acceptors (Lipinski definition) is 5. The number of nitrogens with zero attached hydrogens (tertiary/aromatic N) is 4. The molecule has 6 heteroatoms. The highest BCUT2D eigenvalue weighted by Crippen LogP contribution is 2.32. The third kappa shape index (κ3) is 2.75. The maximum absolute atomic E-state index is 13.4. The molecule has 160 valence electrons. The number of aromatic nitrogens is 4. The number of furan rings is 1. The van der Waals surface area contributed by atoms with Gasteiger partial charge in [0.1, 0.15) is 11.2 Å². The van der Waals surface area contributed by atoms with Crippen LogP contribution in [0.5, 0.6) is 0 Å². The van der Waals surface area contributed by atoms with Crippen LogP contribution >= 0.6 is 0 Å². The zero-order chi connectivity index (χ0) is 22.6. The Kier molecular flexibility index (Phi) is 3.90. The minimum atomic E-state index is -0.429. The Morgan fingerprint density at radius 2 is 1.35 bits per heavy atom. The lowest BCUT2D eigenvalue weighted by atomic mass is 10.1. The van der Waals surface area contributed by atoms with E-state index in [9.17, 15) is 4.79 Å². The van der Waals surface area contributed by atoms with Crippen LogP contribution in [0.25, 0.3) is 61.3 Å². The average Bonchev–Trinajstić information content (AvgIpc) is 3.26. The van der Waals surface area contributed by atoms with Crippen LogP contribution in [-0.2, 0) is 0 Å². The molecule has 0 aliphatic carbocycles. The van der Waals surface area contributed by atoms with Gasteiger partial charge in [0.2, 0.25) is 0 Å². The minimum Gasteiger partial charge on any atom is -0.456 e. The van der Waals surface area contributed by atoms with Gasteiger partial charge in [0.15, 0.2) is 17.3 Å². The summed E-state index contributed by atoms with van der Waals surface area (Å²) in [6.07, 6.45) is 0. The topological polar surface area (TPSA) is 73.3 Å². The molecule has 0 saturated carbocycles. The molecule has 0 aliphatic rings. The molecule has 0 N–H and O–H groups in total. The summed E-state index contributed by atoms with van der Waals surface area (Å²) >= 11 is 0. The first-order chi connectivity index (χ1) is 16.8. The number of rotatable bonds is 2. The van der Waals surface area contributed by atoms with Crippen molar-refractivity contribution in [1.82, 2.24) is 19.4 Å². The number of para-hydroxylation sites is 2. The van der Waals surface area contributed by atoms with Crippen LogP contribution < -0.4 is 5.69 Å². The van der Waals surface area contributed by atoms with Gasteiger partial charge in [0.05, 0.1) is 5.52 Å². The minimum absolute atomic E-state index is 0.389. The summed E-state index contributed by atoms with van der Waals surface area (Å²) in [5, 5.41) is 2.85. The lowest BCUT2D eigenvalue weighted by Crippen LogP contribution is -2.22. The zero-order valence-electron chi connectivity index (χ0n) is 17.8. The van der Waals surface area contributed by atoms with Crippen LogP contribution in [0.15, 0.2) is 106 Å². The lowest BCUT2D eigenvalue weighted by molar-refractivity contribution is 0.669. The Balaban J connectivity index is 1.56. The zero-order valence-corrected chi connectivity index (χ0v) is 17.8. The fraction of sp³-hybridized carbons (Fsp3) is 0. The van der Waals surface area contributed by atoms with Crippen molar-refractivity contribution >= 4 is 38.5 Å². The Bertz CT molecular complexity index is 1940. The predicted molar refractivity (Wildman–Crippen MR) is 133 cm³/mol. The largest absolute Gasteiger partial charge is 0.456 e. The second kappa shape index (κ2) is 7.08. The normalized spacial score (nSPS) is 11.6.